The van der Waals surface area contributed by atoms with E-state index in [-0.39, 0.29) is 11.9 Å². The van der Waals surface area contributed by atoms with Crippen molar-refractivity contribution in [3.8, 4) is 16.9 Å². The number of benzene rings is 2. The van der Waals surface area contributed by atoms with Crippen LogP contribution in [0.15, 0.2) is 67.0 Å². The van der Waals surface area contributed by atoms with Gasteiger partial charge in [-0.1, -0.05) is 36.4 Å². The zero-order valence-electron chi connectivity index (χ0n) is 15.7. The number of fused-ring (bicyclic) bond motifs is 3. The first-order valence-corrected chi connectivity index (χ1v) is 9.09. The van der Waals surface area contributed by atoms with E-state index >= 15 is 0 Å². The normalized spacial score (nSPS) is 15.1. The van der Waals surface area contributed by atoms with Gasteiger partial charge in [0.1, 0.15) is 11.4 Å². The molecule has 4 heteroatoms. The van der Waals surface area contributed by atoms with Gasteiger partial charge in [0.2, 0.25) is 0 Å². The Morgan fingerprint density at radius 2 is 1.85 bits per heavy atom. The number of hydrogen-bond acceptors (Lipinski definition) is 3. The second-order valence-electron chi connectivity index (χ2n) is 7.35. The summed E-state index contributed by atoms with van der Waals surface area (Å²) in [5.41, 5.74) is 4.26. The Morgan fingerprint density at radius 1 is 1.07 bits per heavy atom. The molecule has 27 heavy (non-hydrogen) atoms. The van der Waals surface area contributed by atoms with Crippen LogP contribution >= 0.6 is 0 Å². The van der Waals surface area contributed by atoms with E-state index in [1.807, 2.05) is 75.4 Å². The molecular weight excluding hydrogens is 336 g/mol. The molecule has 4 rings (SSSR count). The summed E-state index contributed by atoms with van der Waals surface area (Å²) in [5.74, 6) is 0.676. The Balaban J connectivity index is 1.66. The molecule has 1 aliphatic rings. The number of ether oxygens (including phenoxy) is 1. The fraction of sp³-hybridized carbons (Fsp3) is 0.217. The lowest BCUT2D eigenvalue weighted by molar-refractivity contribution is 0.0936. The third kappa shape index (κ3) is 3.19. The lowest BCUT2D eigenvalue weighted by Gasteiger charge is -2.35. The monoisotopic (exact) mass is 358 g/mol. The van der Waals surface area contributed by atoms with Crippen LogP contribution in [0.2, 0.25) is 0 Å². The van der Waals surface area contributed by atoms with Crippen molar-refractivity contribution in [2.75, 3.05) is 0 Å². The largest absolute Gasteiger partial charge is 0.481 e. The number of hydrogen-bond donors (Lipinski definition) is 1. The van der Waals surface area contributed by atoms with Crippen LogP contribution in [0.25, 0.3) is 11.1 Å². The minimum absolute atomic E-state index is 0.0641. The minimum atomic E-state index is -0.535. The number of carbonyl (C=O) groups excluding carboxylic acids is 1. The third-order valence-corrected chi connectivity index (χ3v) is 5.02. The predicted octanol–water partition coefficient (Wildman–Crippen LogP) is 4.87. The van der Waals surface area contributed by atoms with Crippen molar-refractivity contribution in [3.05, 3.63) is 83.7 Å². The maximum Gasteiger partial charge on any atom is 0.251 e. The van der Waals surface area contributed by atoms with Gasteiger partial charge in [0.15, 0.2) is 0 Å². The van der Waals surface area contributed by atoms with E-state index in [1.54, 1.807) is 12.4 Å². The average molecular weight is 358 g/mol. The molecule has 0 bridgehead atoms. The number of rotatable bonds is 3. The zero-order chi connectivity index (χ0) is 19.0. The zero-order valence-corrected chi connectivity index (χ0v) is 15.7. The molecule has 0 fully saturated rings. The van der Waals surface area contributed by atoms with Crippen molar-refractivity contribution >= 4 is 5.91 Å². The fourth-order valence-electron chi connectivity index (χ4n) is 3.54. The van der Waals surface area contributed by atoms with Gasteiger partial charge in [-0.25, -0.2) is 0 Å². The highest BCUT2D eigenvalue weighted by Gasteiger charge is 2.33. The van der Waals surface area contributed by atoms with Gasteiger partial charge in [-0.05, 0) is 50.1 Å². The molecule has 1 aromatic heterocycles. The summed E-state index contributed by atoms with van der Waals surface area (Å²) in [4.78, 5) is 17.0. The standard InChI is InChI=1S/C23H22N2O2/c1-15(16-7-5-4-6-8-16)25-22(26)17-9-10-18-19-11-12-24-14-21(19)27-23(2,3)20(18)13-17/h4-15H,1-3H3,(H,25,26). The van der Waals surface area contributed by atoms with Crippen molar-refractivity contribution in [2.45, 2.75) is 32.4 Å². The molecule has 2 aromatic carbocycles. The van der Waals surface area contributed by atoms with Gasteiger partial charge < -0.3 is 10.1 Å². The predicted molar refractivity (Wildman–Crippen MR) is 106 cm³/mol. The van der Waals surface area contributed by atoms with Crippen molar-refractivity contribution in [2.24, 2.45) is 0 Å². The molecular formula is C23H22N2O2. The maximum atomic E-state index is 12.8. The highest BCUT2D eigenvalue weighted by molar-refractivity contribution is 5.95. The number of nitrogens with zero attached hydrogens (tertiary/aromatic N) is 1. The number of nitrogens with one attached hydrogen (secondary N) is 1. The van der Waals surface area contributed by atoms with E-state index in [2.05, 4.69) is 10.3 Å². The van der Waals surface area contributed by atoms with Crippen LogP contribution in [0, 0.1) is 0 Å². The van der Waals surface area contributed by atoms with E-state index in [9.17, 15) is 4.79 Å². The highest BCUT2D eigenvalue weighted by Crippen LogP contribution is 2.44. The van der Waals surface area contributed by atoms with E-state index < -0.39 is 5.60 Å². The van der Waals surface area contributed by atoms with Crippen molar-refractivity contribution in [3.63, 3.8) is 0 Å². The smallest absolute Gasteiger partial charge is 0.251 e. The van der Waals surface area contributed by atoms with Crippen LogP contribution in [0.1, 0.15) is 48.3 Å². The van der Waals surface area contributed by atoms with Gasteiger partial charge in [-0.2, -0.15) is 0 Å². The molecule has 1 atom stereocenters. The summed E-state index contributed by atoms with van der Waals surface area (Å²) in [6.07, 6.45) is 3.49. The first kappa shape index (κ1) is 17.3. The van der Waals surface area contributed by atoms with Crippen molar-refractivity contribution in [1.82, 2.24) is 10.3 Å². The van der Waals surface area contributed by atoms with Crippen LogP contribution in [0.4, 0.5) is 0 Å². The molecule has 1 N–H and O–H groups in total. The molecule has 1 amide bonds. The molecule has 0 saturated heterocycles. The molecule has 1 unspecified atom stereocenters. The van der Waals surface area contributed by atoms with Crippen LogP contribution in [0.3, 0.4) is 0 Å². The van der Waals surface area contributed by atoms with Crippen LogP contribution in [0.5, 0.6) is 5.75 Å². The molecule has 0 radical (unpaired) electrons. The summed E-state index contributed by atoms with van der Waals surface area (Å²) in [6.45, 7) is 6.01. The topological polar surface area (TPSA) is 51.2 Å². The first-order chi connectivity index (χ1) is 13.0. The van der Waals surface area contributed by atoms with E-state index in [1.165, 1.54) is 0 Å². The number of pyridine rings is 1. The van der Waals surface area contributed by atoms with E-state index in [0.29, 0.717) is 5.56 Å². The number of amides is 1. The Hall–Kier alpha value is -3.14. The summed E-state index contributed by atoms with van der Waals surface area (Å²) >= 11 is 0. The highest BCUT2D eigenvalue weighted by atomic mass is 16.5. The van der Waals surface area contributed by atoms with Crippen molar-refractivity contribution in [1.29, 1.82) is 0 Å². The Labute approximate surface area is 159 Å². The lowest BCUT2D eigenvalue weighted by Crippen LogP contribution is -2.31. The Bertz CT molecular complexity index is 996. The maximum absolute atomic E-state index is 12.8. The Morgan fingerprint density at radius 3 is 2.63 bits per heavy atom. The first-order valence-electron chi connectivity index (χ1n) is 9.09. The van der Waals surface area contributed by atoms with Gasteiger partial charge in [0, 0.05) is 22.9 Å². The molecule has 0 aliphatic carbocycles. The SMILES string of the molecule is CC(NC(=O)c1ccc2c(c1)C(C)(C)Oc1cnccc1-2)c1ccccc1. The molecule has 3 aromatic rings. The van der Waals surface area contributed by atoms with E-state index in [4.69, 9.17) is 4.74 Å². The van der Waals surface area contributed by atoms with Gasteiger partial charge in [-0.3, -0.25) is 9.78 Å². The number of carbonyl (C=O) groups is 1. The van der Waals surface area contributed by atoms with Crippen LogP contribution in [-0.4, -0.2) is 10.9 Å². The average Bonchev–Trinajstić information content (AvgIpc) is 2.68. The minimum Gasteiger partial charge on any atom is -0.481 e. The molecule has 0 spiro atoms. The van der Waals surface area contributed by atoms with Crippen LogP contribution in [-0.2, 0) is 5.60 Å². The molecule has 136 valence electrons. The van der Waals surface area contributed by atoms with Crippen molar-refractivity contribution < 1.29 is 9.53 Å². The second kappa shape index (κ2) is 6.54. The quantitative estimate of drug-likeness (QED) is 0.727. The summed E-state index contributed by atoms with van der Waals surface area (Å²) in [6, 6.07) is 17.6. The van der Waals surface area contributed by atoms with Gasteiger partial charge in [0.25, 0.3) is 5.91 Å². The second-order valence-corrected chi connectivity index (χ2v) is 7.35. The Kier molecular flexibility index (Phi) is 4.19. The number of aromatic nitrogens is 1. The molecule has 4 nitrogen and oxygen atoms in total. The summed E-state index contributed by atoms with van der Waals surface area (Å²) in [7, 11) is 0. The van der Waals surface area contributed by atoms with Crippen LogP contribution < -0.4 is 10.1 Å². The molecule has 2 heterocycles. The summed E-state index contributed by atoms with van der Waals surface area (Å²) in [5, 5.41) is 3.08. The van der Waals surface area contributed by atoms with Gasteiger partial charge in [-0.15, -0.1) is 0 Å². The van der Waals surface area contributed by atoms with E-state index in [0.717, 1.165) is 28.0 Å². The van der Waals surface area contributed by atoms with Gasteiger partial charge >= 0.3 is 0 Å². The van der Waals surface area contributed by atoms with Gasteiger partial charge in [0.05, 0.1) is 12.2 Å². The third-order valence-electron chi connectivity index (χ3n) is 5.02. The molecule has 1 aliphatic heterocycles. The molecule has 0 saturated carbocycles. The lowest BCUT2D eigenvalue weighted by atomic mass is 9.85. The fourth-order valence-corrected chi connectivity index (χ4v) is 3.54. The summed E-state index contributed by atoms with van der Waals surface area (Å²) < 4.78 is 6.14.